The third-order valence-electron chi connectivity index (χ3n) is 5.46. The number of anilines is 1. The van der Waals surface area contributed by atoms with Gasteiger partial charge in [0.25, 0.3) is 5.56 Å². The minimum atomic E-state index is -0.355. The van der Waals surface area contributed by atoms with E-state index in [0.29, 0.717) is 5.69 Å². The molecule has 9 nitrogen and oxygen atoms in total. The van der Waals surface area contributed by atoms with Gasteiger partial charge in [0.1, 0.15) is 12.3 Å². The minimum Gasteiger partial charge on any atom is -0.497 e. The minimum absolute atomic E-state index is 0.109. The molecule has 0 bridgehead atoms. The van der Waals surface area contributed by atoms with Crippen LogP contribution in [0.5, 0.6) is 5.75 Å². The first kappa shape index (κ1) is 22.1. The number of amides is 1. The lowest BCUT2D eigenvalue weighted by Crippen LogP contribution is -2.34. The predicted octanol–water partition coefficient (Wildman–Crippen LogP) is 2.93. The number of aryl methyl sites for hydroxylation is 1. The molecule has 3 aromatic heterocycles. The highest BCUT2D eigenvalue weighted by Crippen LogP contribution is 2.21. The van der Waals surface area contributed by atoms with Gasteiger partial charge in [0.15, 0.2) is 5.82 Å². The van der Waals surface area contributed by atoms with Crippen LogP contribution in [0.3, 0.4) is 0 Å². The van der Waals surface area contributed by atoms with Crippen LogP contribution in [0.4, 0.5) is 5.82 Å². The molecule has 0 saturated heterocycles. The van der Waals surface area contributed by atoms with Gasteiger partial charge in [-0.2, -0.15) is 0 Å². The summed E-state index contributed by atoms with van der Waals surface area (Å²) in [7, 11) is 1.61. The molecule has 0 radical (unpaired) electrons. The molecule has 0 saturated carbocycles. The summed E-state index contributed by atoms with van der Waals surface area (Å²) in [4.78, 5) is 37.3. The highest BCUT2D eigenvalue weighted by Gasteiger charge is 2.15. The van der Waals surface area contributed by atoms with Gasteiger partial charge in [-0.3, -0.25) is 19.1 Å². The molecule has 0 spiro atoms. The van der Waals surface area contributed by atoms with E-state index in [2.05, 4.69) is 25.6 Å². The zero-order valence-electron chi connectivity index (χ0n) is 18.8. The van der Waals surface area contributed by atoms with Crippen molar-refractivity contribution < 1.29 is 9.53 Å². The quantitative estimate of drug-likeness (QED) is 0.384. The van der Waals surface area contributed by atoms with Crippen LogP contribution in [-0.4, -0.2) is 32.5 Å². The fourth-order valence-corrected chi connectivity index (χ4v) is 3.55. The van der Waals surface area contributed by atoms with Crippen LogP contribution in [0.15, 0.2) is 59.8 Å². The highest BCUT2D eigenvalue weighted by molar-refractivity contribution is 5.79. The van der Waals surface area contributed by atoms with Crippen molar-refractivity contribution in [3.05, 3.63) is 82.3 Å². The van der Waals surface area contributed by atoms with Crippen molar-refractivity contribution >= 4 is 22.6 Å². The molecule has 4 rings (SSSR count). The molecule has 1 aromatic carbocycles. The molecule has 4 aromatic rings. The number of hydrogen-bond donors (Lipinski definition) is 3. The number of aromatic amines is 1. The molecule has 0 unspecified atom stereocenters. The molecule has 170 valence electrons. The van der Waals surface area contributed by atoms with Crippen molar-refractivity contribution in [2.24, 2.45) is 0 Å². The summed E-state index contributed by atoms with van der Waals surface area (Å²) in [5.74, 6) is 0.634. The second-order valence-electron chi connectivity index (χ2n) is 7.80. The third kappa shape index (κ3) is 5.03. The summed E-state index contributed by atoms with van der Waals surface area (Å²) in [6.45, 7) is 3.85. The van der Waals surface area contributed by atoms with E-state index in [0.717, 1.165) is 27.9 Å². The van der Waals surface area contributed by atoms with Gasteiger partial charge >= 0.3 is 0 Å². The van der Waals surface area contributed by atoms with E-state index < -0.39 is 0 Å². The molecular weight excluding hydrogens is 420 g/mol. The van der Waals surface area contributed by atoms with Crippen molar-refractivity contribution in [2.45, 2.75) is 33.0 Å². The maximum Gasteiger partial charge on any atom is 0.293 e. The van der Waals surface area contributed by atoms with Crippen LogP contribution < -0.4 is 20.9 Å². The number of carbonyl (C=O) groups is 1. The van der Waals surface area contributed by atoms with Gasteiger partial charge in [0, 0.05) is 23.5 Å². The predicted molar refractivity (Wildman–Crippen MR) is 126 cm³/mol. The normalized spacial score (nSPS) is 11.8. The molecular formula is C24H26N6O3. The maximum absolute atomic E-state index is 13.0. The van der Waals surface area contributed by atoms with E-state index in [1.165, 1.54) is 4.57 Å². The van der Waals surface area contributed by atoms with Gasteiger partial charge in [0.05, 0.1) is 37.1 Å². The number of aromatic nitrogens is 4. The number of rotatable bonds is 8. The number of methoxy groups -OCH3 is 1. The summed E-state index contributed by atoms with van der Waals surface area (Å²) in [6, 6.07) is 11.3. The van der Waals surface area contributed by atoms with Crippen LogP contribution in [0.2, 0.25) is 0 Å². The van der Waals surface area contributed by atoms with Crippen molar-refractivity contribution in [1.29, 1.82) is 0 Å². The maximum atomic E-state index is 13.0. The molecule has 33 heavy (non-hydrogen) atoms. The molecule has 1 amide bonds. The molecule has 0 aliphatic carbocycles. The van der Waals surface area contributed by atoms with Crippen LogP contribution in [0.25, 0.3) is 10.9 Å². The number of benzene rings is 1. The fourth-order valence-electron chi connectivity index (χ4n) is 3.55. The Hall–Kier alpha value is -4.14. The summed E-state index contributed by atoms with van der Waals surface area (Å²) in [5, 5.41) is 7.00. The summed E-state index contributed by atoms with van der Waals surface area (Å²) in [5.41, 5.74) is 2.87. The fraction of sp³-hybridized carbons (Fsp3) is 0.250. The summed E-state index contributed by atoms with van der Waals surface area (Å²) < 4.78 is 6.68. The van der Waals surface area contributed by atoms with E-state index in [9.17, 15) is 9.59 Å². The zero-order valence-corrected chi connectivity index (χ0v) is 18.8. The Morgan fingerprint density at radius 2 is 2.06 bits per heavy atom. The topological polar surface area (TPSA) is 114 Å². The van der Waals surface area contributed by atoms with E-state index in [1.807, 2.05) is 49.5 Å². The van der Waals surface area contributed by atoms with E-state index in [-0.39, 0.29) is 36.4 Å². The molecule has 0 aliphatic rings. The number of nitrogens with one attached hydrogen (secondary N) is 3. The largest absolute Gasteiger partial charge is 0.497 e. The third-order valence-corrected chi connectivity index (χ3v) is 5.46. The lowest BCUT2D eigenvalue weighted by molar-refractivity contribution is -0.121. The SMILES string of the molecule is COc1cccc([C@@H](C)Nc2ncc(C)n(CC(=O)NCc3cc4cc[nH]c4cn3)c2=O)c1. The van der Waals surface area contributed by atoms with E-state index >= 15 is 0 Å². The number of ether oxygens (including phenoxy) is 1. The second-order valence-corrected chi connectivity index (χ2v) is 7.80. The van der Waals surface area contributed by atoms with Gasteiger partial charge in [-0.15, -0.1) is 0 Å². The van der Waals surface area contributed by atoms with Gasteiger partial charge in [-0.25, -0.2) is 4.98 Å². The molecule has 3 N–H and O–H groups in total. The Morgan fingerprint density at radius 1 is 1.21 bits per heavy atom. The first-order valence-corrected chi connectivity index (χ1v) is 10.6. The average Bonchev–Trinajstić information content (AvgIpc) is 3.30. The first-order valence-electron chi connectivity index (χ1n) is 10.6. The number of pyridine rings is 1. The van der Waals surface area contributed by atoms with Gasteiger partial charge in [-0.05, 0) is 43.7 Å². The van der Waals surface area contributed by atoms with Crippen molar-refractivity contribution in [3.8, 4) is 5.75 Å². The van der Waals surface area contributed by atoms with Gasteiger partial charge in [-0.1, -0.05) is 12.1 Å². The second kappa shape index (κ2) is 9.56. The number of carbonyl (C=O) groups excluding carboxylic acids is 1. The molecule has 1 atom stereocenters. The lowest BCUT2D eigenvalue weighted by Gasteiger charge is -2.17. The first-order chi connectivity index (χ1) is 15.9. The Morgan fingerprint density at radius 3 is 2.88 bits per heavy atom. The van der Waals surface area contributed by atoms with Gasteiger partial charge in [0.2, 0.25) is 5.91 Å². The van der Waals surface area contributed by atoms with Crippen molar-refractivity contribution in [1.82, 2.24) is 24.8 Å². The molecule has 0 fully saturated rings. The Balaban J connectivity index is 1.44. The molecule has 3 heterocycles. The zero-order chi connectivity index (χ0) is 23.4. The Bertz CT molecular complexity index is 1340. The number of hydrogen-bond acceptors (Lipinski definition) is 6. The molecule has 9 heteroatoms. The number of H-pyrrole nitrogens is 1. The van der Waals surface area contributed by atoms with Gasteiger partial charge < -0.3 is 20.4 Å². The molecule has 0 aliphatic heterocycles. The summed E-state index contributed by atoms with van der Waals surface area (Å²) >= 11 is 0. The smallest absolute Gasteiger partial charge is 0.293 e. The summed E-state index contributed by atoms with van der Waals surface area (Å²) in [6.07, 6.45) is 5.15. The van der Waals surface area contributed by atoms with Crippen molar-refractivity contribution in [2.75, 3.05) is 12.4 Å². The lowest BCUT2D eigenvalue weighted by atomic mass is 10.1. The number of fused-ring (bicyclic) bond motifs is 1. The van der Waals surface area contributed by atoms with E-state index in [1.54, 1.807) is 26.4 Å². The van der Waals surface area contributed by atoms with Crippen LogP contribution in [0.1, 0.15) is 29.9 Å². The standard InChI is InChI=1S/C24H26N6O3/c1-15-11-28-23(29-16(2)17-5-4-6-20(10-17)33-3)24(32)30(15)14-22(31)27-12-19-9-18-7-8-25-21(18)13-26-19/h4-11,13,16,25H,12,14H2,1-3H3,(H,27,31)(H,28,29)/t16-/m1/s1. The monoisotopic (exact) mass is 446 g/mol. The van der Waals surface area contributed by atoms with Crippen LogP contribution in [-0.2, 0) is 17.9 Å². The highest BCUT2D eigenvalue weighted by atomic mass is 16.5. The van der Waals surface area contributed by atoms with Crippen LogP contribution in [0, 0.1) is 6.92 Å². The average molecular weight is 447 g/mol. The number of nitrogens with zero attached hydrogens (tertiary/aromatic N) is 3. The van der Waals surface area contributed by atoms with Crippen LogP contribution >= 0.6 is 0 Å². The van der Waals surface area contributed by atoms with E-state index in [4.69, 9.17) is 4.74 Å². The Labute approximate surface area is 190 Å². The van der Waals surface area contributed by atoms with Crippen molar-refractivity contribution in [3.63, 3.8) is 0 Å². The Kier molecular flexibility index (Phi) is 6.39.